The first-order chi connectivity index (χ1) is 22.0. The summed E-state index contributed by atoms with van der Waals surface area (Å²) in [5.41, 5.74) is 9.46. The molecule has 0 unspecified atom stereocenters. The second-order valence-electron chi connectivity index (χ2n) is 10.4. The van der Waals surface area contributed by atoms with Crippen LogP contribution in [0.3, 0.4) is 0 Å². The lowest BCUT2D eigenvalue weighted by Gasteiger charge is -2.15. The Morgan fingerprint density at radius 3 is 2.52 bits per heavy atom. The molecule has 0 radical (unpaired) electrons. The van der Waals surface area contributed by atoms with Crippen LogP contribution in [0.1, 0.15) is 16.8 Å². The minimum absolute atomic E-state index is 0.0776. The number of anilines is 1. The van der Waals surface area contributed by atoms with Crippen LogP contribution in [0.4, 0.5) is 19.0 Å². The second-order valence-corrected chi connectivity index (χ2v) is 11.4. The van der Waals surface area contributed by atoms with Gasteiger partial charge in [-0.1, -0.05) is 30.8 Å². The van der Waals surface area contributed by atoms with Crippen LogP contribution >= 0.6 is 11.3 Å². The van der Waals surface area contributed by atoms with E-state index in [1.54, 1.807) is 66.7 Å². The quantitative estimate of drug-likeness (QED) is 0.167. The van der Waals surface area contributed by atoms with E-state index in [1.807, 2.05) is 13.1 Å². The average Bonchev–Trinajstić information content (AvgIpc) is 3.65. The van der Waals surface area contributed by atoms with Gasteiger partial charge < -0.3 is 15.8 Å². The molecule has 4 heterocycles. The van der Waals surface area contributed by atoms with Gasteiger partial charge in [-0.25, -0.2) is 15.0 Å². The van der Waals surface area contributed by atoms with Gasteiger partial charge in [-0.3, -0.25) is 9.48 Å². The van der Waals surface area contributed by atoms with Crippen molar-refractivity contribution in [3.8, 4) is 44.5 Å². The van der Waals surface area contributed by atoms with Crippen LogP contribution in [0.15, 0.2) is 86.0 Å². The Kier molecular flexibility index (Phi) is 8.00. The number of hydrogen-bond donors (Lipinski definition) is 2. The highest BCUT2D eigenvalue weighted by molar-refractivity contribution is 7.23. The highest BCUT2D eigenvalue weighted by Gasteiger charge is 2.34. The van der Waals surface area contributed by atoms with Crippen molar-refractivity contribution < 1.29 is 22.7 Å². The van der Waals surface area contributed by atoms with Crippen molar-refractivity contribution in [2.45, 2.75) is 19.6 Å². The number of carbonyl (C=O) groups is 1. The Hall–Kier alpha value is -5.56. The number of rotatable bonds is 8. The fourth-order valence-corrected chi connectivity index (χ4v) is 6.39. The molecule has 0 aliphatic carbocycles. The van der Waals surface area contributed by atoms with Crippen LogP contribution < -0.4 is 15.8 Å². The molecular weight excluding hydrogens is 615 g/mol. The van der Waals surface area contributed by atoms with Crippen LogP contribution in [0.2, 0.25) is 0 Å². The molecule has 6 aromatic rings. The zero-order chi connectivity index (χ0) is 32.6. The monoisotopic (exact) mass is 641 g/mol. The molecule has 1 amide bonds. The van der Waals surface area contributed by atoms with E-state index in [1.165, 1.54) is 17.4 Å². The molecule has 3 N–H and O–H groups in total. The first kappa shape index (κ1) is 30.5. The summed E-state index contributed by atoms with van der Waals surface area (Å²) in [4.78, 5) is 25.1. The Morgan fingerprint density at radius 2 is 1.85 bits per heavy atom. The number of hydrogen-bond acceptors (Lipinski definition) is 8. The predicted octanol–water partition coefficient (Wildman–Crippen LogP) is 7.32. The number of fused-ring (bicyclic) bond motifs is 1. The number of ether oxygens (including phenoxy) is 1. The maximum absolute atomic E-state index is 14.4. The van der Waals surface area contributed by atoms with E-state index >= 15 is 0 Å². The van der Waals surface area contributed by atoms with Gasteiger partial charge in [-0.15, -0.1) is 11.3 Å². The van der Waals surface area contributed by atoms with Gasteiger partial charge in [0.2, 0.25) is 5.91 Å². The molecule has 4 aromatic heterocycles. The smallest absolute Gasteiger partial charge is 0.416 e. The molecule has 0 saturated heterocycles. The lowest BCUT2D eigenvalue weighted by molar-refractivity contribution is -0.138. The van der Waals surface area contributed by atoms with Crippen LogP contribution in [-0.2, 0) is 24.6 Å². The third-order valence-electron chi connectivity index (χ3n) is 7.20. The van der Waals surface area contributed by atoms with E-state index in [0.29, 0.717) is 32.7 Å². The maximum Gasteiger partial charge on any atom is 0.416 e. The standard InChI is InChI=1S/C33H26F3N7O2S/c1-4-26(44)39-14-21-6-5-20(13-25(21)33(34,35)36)29-27(19-7-9-23(10-8-19)45-32-38-12-11-18(2)42-32)28-30(46-29)24(16-40-31(28)37)22-15-41-43(3)17-22/h4-13,15-17H,1,14H2,2-3H3,(H2,37,40)(H,39,44). The number of carbonyl (C=O) groups excluding carboxylic acids is 1. The fourth-order valence-electron chi connectivity index (χ4n) is 5.03. The second kappa shape index (κ2) is 12.1. The topological polar surface area (TPSA) is 121 Å². The lowest BCUT2D eigenvalue weighted by Crippen LogP contribution is -2.22. The molecule has 0 atom stereocenters. The summed E-state index contributed by atoms with van der Waals surface area (Å²) < 4.78 is 51.4. The summed E-state index contributed by atoms with van der Waals surface area (Å²) in [5, 5.41) is 7.32. The average molecular weight is 642 g/mol. The van der Waals surface area contributed by atoms with Crippen molar-refractivity contribution in [2.24, 2.45) is 7.05 Å². The van der Waals surface area contributed by atoms with E-state index in [0.717, 1.165) is 33.7 Å². The lowest BCUT2D eigenvalue weighted by atomic mass is 9.95. The van der Waals surface area contributed by atoms with Gasteiger partial charge in [-0.05, 0) is 54.0 Å². The molecule has 9 nitrogen and oxygen atoms in total. The van der Waals surface area contributed by atoms with E-state index in [4.69, 9.17) is 10.5 Å². The zero-order valence-corrected chi connectivity index (χ0v) is 25.4. The van der Waals surface area contributed by atoms with Gasteiger partial charge in [0, 0.05) is 69.5 Å². The number of alkyl halides is 3. The van der Waals surface area contributed by atoms with E-state index < -0.39 is 17.6 Å². The molecule has 0 aliphatic heterocycles. The maximum atomic E-state index is 14.4. The largest absolute Gasteiger partial charge is 0.424 e. The van der Waals surface area contributed by atoms with Gasteiger partial charge in [-0.2, -0.15) is 18.3 Å². The molecule has 2 aromatic carbocycles. The van der Waals surface area contributed by atoms with E-state index in [2.05, 4.69) is 31.9 Å². The molecule has 0 spiro atoms. The molecule has 6 rings (SSSR count). The molecule has 0 fully saturated rings. The van der Waals surface area contributed by atoms with Gasteiger partial charge >= 0.3 is 12.2 Å². The van der Waals surface area contributed by atoms with Crippen molar-refractivity contribution in [1.82, 2.24) is 30.0 Å². The Morgan fingerprint density at radius 1 is 1.09 bits per heavy atom. The van der Waals surface area contributed by atoms with Crippen molar-refractivity contribution in [1.29, 1.82) is 0 Å². The predicted molar refractivity (Wildman–Crippen MR) is 171 cm³/mol. The van der Waals surface area contributed by atoms with Crippen molar-refractivity contribution in [3.05, 3.63) is 103 Å². The fraction of sp³-hybridized carbons (Fsp3) is 0.121. The van der Waals surface area contributed by atoms with Crippen molar-refractivity contribution in [2.75, 3.05) is 5.73 Å². The van der Waals surface area contributed by atoms with Crippen molar-refractivity contribution >= 4 is 33.1 Å². The normalized spacial score (nSPS) is 11.5. The number of amides is 1. The van der Waals surface area contributed by atoms with E-state index in [-0.39, 0.29) is 23.9 Å². The number of aromatic nitrogens is 5. The first-order valence-corrected chi connectivity index (χ1v) is 14.7. The number of halogens is 3. The van der Waals surface area contributed by atoms with Gasteiger partial charge in [0.15, 0.2) is 0 Å². The summed E-state index contributed by atoms with van der Waals surface area (Å²) in [7, 11) is 1.79. The molecule has 232 valence electrons. The number of nitrogen functional groups attached to an aromatic ring is 1. The number of pyridine rings is 1. The van der Waals surface area contributed by atoms with Gasteiger partial charge in [0.25, 0.3) is 0 Å². The number of nitrogens with zero attached hydrogens (tertiary/aromatic N) is 5. The van der Waals surface area contributed by atoms with Crippen molar-refractivity contribution in [3.63, 3.8) is 0 Å². The summed E-state index contributed by atoms with van der Waals surface area (Å²) >= 11 is 1.31. The number of thiophene rings is 1. The number of nitrogens with one attached hydrogen (secondary N) is 1. The van der Waals surface area contributed by atoms with Crippen LogP contribution in [0, 0.1) is 6.92 Å². The molecule has 13 heteroatoms. The molecular formula is C33H26F3N7O2S. The minimum Gasteiger partial charge on any atom is -0.424 e. The number of nitrogens with two attached hydrogens (primary N) is 1. The number of benzene rings is 2. The molecule has 0 bridgehead atoms. The zero-order valence-electron chi connectivity index (χ0n) is 24.6. The highest BCUT2D eigenvalue weighted by Crippen LogP contribution is 2.50. The minimum atomic E-state index is -4.68. The summed E-state index contributed by atoms with van der Waals surface area (Å²) in [5.74, 6) is 0.132. The van der Waals surface area contributed by atoms with Crippen LogP contribution in [0.25, 0.3) is 42.8 Å². The Balaban J connectivity index is 1.53. The van der Waals surface area contributed by atoms with Crippen LogP contribution in [0.5, 0.6) is 11.8 Å². The highest BCUT2D eigenvalue weighted by atomic mass is 32.1. The third-order valence-corrected chi connectivity index (χ3v) is 8.47. The summed E-state index contributed by atoms with van der Waals surface area (Å²) in [6, 6.07) is 13.1. The van der Waals surface area contributed by atoms with E-state index in [9.17, 15) is 18.0 Å². The third kappa shape index (κ3) is 6.04. The molecule has 0 aliphatic rings. The van der Waals surface area contributed by atoms with Crippen LogP contribution in [-0.4, -0.2) is 30.6 Å². The molecule has 0 saturated carbocycles. The van der Waals surface area contributed by atoms with Gasteiger partial charge in [0.05, 0.1) is 11.8 Å². The summed E-state index contributed by atoms with van der Waals surface area (Å²) in [6.07, 6.45) is 3.09. The Bertz CT molecular complexity index is 2100. The molecule has 46 heavy (non-hydrogen) atoms. The summed E-state index contributed by atoms with van der Waals surface area (Å²) in [6.45, 7) is 4.87. The SMILES string of the molecule is C=CC(=O)NCc1ccc(-c2sc3c(-c4cnn(C)c4)cnc(N)c3c2-c2ccc(Oc3nccc(C)n3)cc2)cc1C(F)(F)F. The Labute approximate surface area is 265 Å². The first-order valence-electron chi connectivity index (χ1n) is 13.9. The number of aryl methyl sites for hydroxylation is 2. The van der Waals surface area contributed by atoms with Gasteiger partial charge in [0.1, 0.15) is 11.6 Å².